The van der Waals surface area contributed by atoms with E-state index in [1.807, 2.05) is 6.92 Å². The Morgan fingerprint density at radius 3 is 2.47 bits per heavy atom. The fourth-order valence-corrected chi connectivity index (χ4v) is 2.69. The molecule has 0 bridgehead atoms. The van der Waals surface area contributed by atoms with E-state index in [1.165, 1.54) is 24.3 Å². The van der Waals surface area contributed by atoms with Crippen molar-refractivity contribution in [1.29, 1.82) is 0 Å². The number of aromatic nitrogens is 2. The molecule has 3 aromatic rings. The van der Waals surface area contributed by atoms with Gasteiger partial charge in [-0.05, 0) is 30.7 Å². The Hall–Kier alpha value is -3.89. The summed E-state index contributed by atoms with van der Waals surface area (Å²) in [6.45, 7) is 2.43. The van der Waals surface area contributed by atoms with E-state index >= 15 is 0 Å². The number of nitrogens with one attached hydrogen (secondary N) is 2. The molecule has 1 aromatic heterocycles. The quantitative estimate of drug-likeness (QED) is 0.233. The Bertz CT molecular complexity index is 1080. The topological polar surface area (TPSA) is 102 Å². The molecule has 0 aliphatic rings. The van der Waals surface area contributed by atoms with Crippen LogP contribution in [-0.4, -0.2) is 21.5 Å². The van der Waals surface area contributed by atoms with Gasteiger partial charge in [-0.2, -0.15) is 18.2 Å². The molecule has 0 aliphatic heterocycles. The predicted molar refractivity (Wildman–Crippen MR) is 114 cm³/mol. The molecule has 11 heteroatoms. The predicted octanol–water partition coefficient (Wildman–Crippen LogP) is 6.07. The van der Waals surface area contributed by atoms with Crippen LogP contribution in [0, 0.1) is 10.1 Å². The molecule has 2 N–H and O–H groups in total. The number of benzene rings is 2. The van der Waals surface area contributed by atoms with Gasteiger partial charge in [0.05, 0.1) is 17.2 Å². The number of hydrogen-bond donors (Lipinski definition) is 2. The molecule has 1 heterocycles. The zero-order chi connectivity index (χ0) is 23.1. The Labute approximate surface area is 181 Å². The Morgan fingerprint density at radius 1 is 1.09 bits per heavy atom. The summed E-state index contributed by atoms with van der Waals surface area (Å²) in [4.78, 5) is 17.9. The highest BCUT2D eigenvalue weighted by molar-refractivity contribution is 5.67. The van der Waals surface area contributed by atoms with Crippen LogP contribution >= 0.6 is 0 Å². The lowest BCUT2D eigenvalue weighted by atomic mass is 10.2. The highest BCUT2D eigenvalue weighted by Crippen LogP contribution is 2.37. The van der Waals surface area contributed by atoms with Gasteiger partial charge in [-0.25, -0.2) is 4.98 Å². The summed E-state index contributed by atoms with van der Waals surface area (Å²) in [5.74, 6) is -0.167. The van der Waals surface area contributed by atoms with Crippen LogP contribution in [0.15, 0.2) is 54.7 Å². The van der Waals surface area contributed by atoms with Gasteiger partial charge in [-0.15, -0.1) is 0 Å². The largest absolute Gasteiger partial charge is 0.491 e. The fraction of sp³-hybridized carbons (Fsp3) is 0.238. The molecule has 0 radical (unpaired) electrons. The van der Waals surface area contributed by atoms with Crippen molar-refractivity contribution in [2.75, 3.05) is 17.2 Å². The molecule has 0 saturated carbocycles. The van der Waals surface area contributed by atoms with Crippen molar-refractivity contribution in [3.8, 4) is 5.75 Å². The second kappa shape index (κ2) is 9.94. The second-order valence-electron chi connectivity index (χ2n) is 6.71. The molecule has 32 heavy (non-hydrogen) atoms. The lowest BCUT2D eigenvalue weighted by Gasteiger charge is -2.17. The Kier molecular flexibility index (Phi) is 7.08. The van der Waals surface area contributed by atoms with Crippen LogP contribution in [0.5, 0.6) is 5.75 Å². The van der Waals surface area contributed by atoms with Crippen molar-refractivity contribution < 1.29 is 22.8 Å². The van der Waals surface area contributed by atoms with Crippen LogP contribution in [0.4, 0.5) is 42.0 Å². The normalized spacial score (nSPS) is 11.1. The van der Waals surface area contributed by atoms with E-state index in [0.29, 0.717) is 29.9 Å². The van der Waals surface area contributed by atoms with E-state index in [-0.39, 0.29) is 11.6 Å². The maximum Gasteiger partial charge on any atom is 0.421 e. The average Bonchev–Trinajstić information content (AvgIpc) is 2.75. The van der Waals surface area contributed by atoms with E-state index in [9.17, 15) is 23.3 Å². The van der Waals surface area contributed by atoms with Crippen LogP contribution in [-0.2, 0) is 6.18 Å². The number of unbranched alkanes of at least 4 members (excludes halogenated alkanes) is 1. The van der Waals surface area contributed by atoms with Gasteiger partial charge in [-0.1, -0.05) is 25.5 Å². The van der Waals surface area contributed by atoms with Crippen molar-refractivity contribution >= 4 is 28.8 Å². The van der Waals surface area contributed by atoms with E-state index in [4.69, 9.17) is 4.74 Å². The number of alkyl halides is 3. The summed E-state index contributed by atoms with van der Waals surface area (Å²) in [5.41, 5.74) is -0.459. The highest BCUT2D eigenvalue weighted by atomic mass is 19.4. The number of non-ortho nitro benzene ring substituents is 1. The van der Waals surface area contributed by atoms with Crippen LogP contribution in [0.25, 0.3) is 0 Å². The Morgan fingerprint density at radius 2 is 1.81 bits per heavy atom. The average molecular weight is 447 g/mol. The van der Waals surface area contributed by atoms with Crippen LogP contribution < -0.4 is 15.4 Å². The molecular formula is C21H20F3N5O3. The third-order valence-corrected chi connectivity index (χ3v) is 4.32. The highest BCUT2D eigenvalue weighted by Gasteiger charge is 2.35. The molecular weight excluding hydrogens is 427 g/mol. The SMILES string of the molecule is CCCCOc1ccccc1Nc1nc(Nc2ccc([N+](=O)[O-])cc2)ncc1C(F)(F)F. The van der Waals surface area contributed by atoms with Crippen molar-refractivity contribution in [3.63, 3.8) is 0 Å². The van der Waals surface area contributed by atoms with Gasteiger partial charge in [0.2, 0.25) is 5.95 Å². The maximum atomic E-state index is 13.5. The third-order valence-electron chi connectivity index (χ3n) is 4.32. The summed E-state index contributed by atoms with van der Waals surface area (Å²) >= 11 is 0. The number of nitro benzene ring substituents is 1. The molecule has 168 valence electrons. The first-order valence-corrected chi connectivity index (χ1v) is 9.72. The molecule has 0 aliphatic carbocycles. The smallest absolute Gasteiger partial charge is 0.421 e. The first-order valence-electron chi connectivity index (χ1n) is 9.72. The molecule has 0 unspecified atom stereocenters. The minimum atomic E-state index is -4.69. The molecule has 8 nitrogen and oxygen atoms in total. The molecule has 2 aromatic carbocycles. The third kappa shape index (κ3) is 5.84. The van der Waals surface area contributed by atoms with Gasteiger partial charge in [0, 0.05) is 24.0 Å². The van der Waals surface area contributed by atoms with Crippen LogP contribution in [0.1, 0.15) is 25.3 Å². The van der Waals surface area contributed by atoms with Gasteiger partial charge >= 0.3 is 6.18 Å². The number of nitro groups is 1. The van der Waals surface area contributed by atoms with Crippen molar-refractivity contribution in [2.45, 2.75) is 25.9 Å². The number of ether oxygens (including phenoxy) is 1. The summed E-state index contributed by atoms with van der Waals surface area (Å²) < 4.78 is 46.3. The first-order chi connectivity index (χ1) is 15.3. The Balaban J connectivity index is 1.89. The van der Waals surface area contributed by atoms with Crippen molar-refractivity contribution in [1.82, 2.24) is 9.97 Å². The summed E-state index contributed by atoms with van der Waals surface area (Å²) in [6, 6.07) is 12.0. The van der Waals surface area contributed by atoms with Crippen molar-refractivity contribution in [2.24, 2.45) is 0 Å². The van der Waals surface area contributed by atoms with E-state index in [0.717, 1.165) is 12.8 Å². The molecule has 0 atom stereocenters. The summed E-state index contributed by atoms with van der Waals surface area (Å²) in [7, 11) is 0. The molecule has 0 spiro atoms. The number of hydrogen-bond acceptors (Lipinski definition) is 7. The number of rotatable bonds is 9. The minimum Gasteiger partial charge on any atom is -0.491 e. The van der Waals surface area contributed by atoms with Crippen LogP contribution in [0.3, 0.4) is 0 Å². The monoisotopic (exact) mass is 447 g/mol. The first kappa shape index (κ1) is 22.8. The summed E-state index contributed by atoms with van der Waals surface area (Å²) in [5, 5.41) is 16.2. The number of para-hydroxylation sites is 2. The lowest BCUT2D eigenvalue weighted by molar-refractivity contribution is -0.384. The molecule has 3 rings (SSSR count). The maximum absolute atomic E-state index is 13.5. The van der Waals surface area contributed by atoms with Gasteiger partial charge in [0.25, 0.3) is 5.69 Å². The van der Waals surface area contributed by atoms with Gasteiger partial charge in [0.1, 0.15) is 17.1 Å². The lowest BCUT2D eigenvalue weighted by Crippen LogP contribution is -2.13. The molecule has 0 fully saturated rings. The standard InChI is InChI=1S/C21H20F3N5O3/c1-2-3-12-32-18-7-5-4-6-17(18)27-19-16(21(22,23)24)13-25-20(28-19)26-14-8-10-15(11-9-14)29(30)31/h4-11,13H,2-3,12H2,1H3,(H2,25,26,27,28). The number of anilines is 4. The molecule has 0 amide bonds. The van der Waals surface area contributed by atoms with Crippen molar-refractivity contribution in [3.05, 3.63) is 70.4 Å². The molecule has 0 saturated heterocycles. The van der Waals surface area contributed by atoms with E-state index < -0.39 is 22.5 Å². The minimum absolute atomic E-state index is 0.112. The summed E-state index contributed by atoms with van der Waals surface area (Å²) in [6.07, 6.45) is -2.30. The van der Waals surface area contributed by atoms with Gasteiger partial charge in [0.15, 0.2) is 0 Å². The van der Waals surface area contributed by atoms with E-state index in [2.05, 4.69) is 20.6 Å². The number of nitrogens with zero attached hydrogens (tertiary/aromatic N) is 3. The number of halogens is 3. The zero-order valence-electron chi connectivity index (χ0n) is 17.0. The van der Waals surface area contributed by atoms with Gasteiger partial charge < -0.3 is 15.4 Å². The second-order valence-corrected chi connectivity index (χ2v) is 6.71. The zero-order valence-corrected chi connectivity index (χ0v) is 17.0. The van der Waals surface area contributed by atoms with Gasteiger partial charge in [-0.3, -0.25) is 10.1 Å². The fourth-order valence-electron chi connectivity index (χ4n) is 2.69. The van der Waals surface area contributed by atoms with Crippen LogP contribution in [0.2, 0.25) is 0 Å². The van der Waals surface area contributed by atoms with E-state index in [1.54, 1.807) is 24.3 Å².